The summed E-state index contributed by atoms with van der Waals surface area (Å²) in [7, 11) is 1.41. The third kappa shape index (κ3) is 14.9. The van der Waals surface area contributed by atoms with Crippen LogP contribution in [0.4, 0.5) is 15.3 Å². The number of amidine groups is 1. The number of nitrogens with one attached hydrogen (secondary N) is 5. The van der Waals surface area contributed by atoms with E-state index in [1.165, 1.54) is 75.6 Å². The maximum Gasteiger partial charge on any atom is 0.415 e. The summed E-state index contributed by atoms with van der Waals surface area (Å²) in [5.74, 6) is -4.34. The number of aromatic nitrogens is 1. The van der Waals surface area contributed by atoms with Gasteiger partial charge in [-0.2, -0.15) is 0 Å². The number of pyridine rings is 1. The number of carbonyl (C=O) groups is 7. The molecule has 3 aromatic rings. The number of carbonyl (C=O) groups excluding carboxylic acids is 7. The van der Waals surface area contributed by atoms with Gasteiger partial charge in [0.05, 0.1) is 13.0 Å². The van der Waals surface area contributed by atoms with E-state index >= 15 is 0 Å². The summed E-state index contributed by atoms with van der Waals surface area (Å²) in [6.07, 6.45) is -1.21. The smallest absolute Gasteiger partial charge is 0.415 e. The molecule has 0 bridgehead atoms. The topological polar surface area (TPSA) is 260 Å². The molecule has 4 rings (SSSR count). The molecular formula is C47H58N6O13. The molecule has 0 aliphatic heterocycles. The third-order valence-corrected chi connectivity index (χ3v) is 9.53. The molecule has 354 valence electrons. The summed E-state index contributed by atoms with van der Waals surface area (Å²) >= 11 is 0. The molecule has 1 aliphatic rings. The molecule has 2 unspecified atom stereocenters. The average molecular weight is 915 g/mol. The number of hydrogen-bond donors (Lipinski definition) is 5. The number of ether oxygens (including phenoxy) is 6. The van der Waals surface area contributed by atoms with Crippen LogP contribution in [-0.2, 0) is 33.3 Å². The summed E-state index contributed by atoms with van der Waals surface area (Å²) in [6.45, 7) is 18.5. The Morgan fingerprint density at radius 3 is 2.03 bits per heavy atom. The number of benzene rings is 2. The number of hydrogen-bond acceptors (Lipinski definition) is 15. The van der Waals surface area contributed by atoms with Crippen molar-refractivity contribution in [2.24, 2.45) is 17.8 Å². The summed E-state index contributed by atoms with van der Waals surface area (Å²) in [4.78, 5) is 95.5. The highest BCUT2D eigenvalue weighted by atomic mass is 16.7. The fraction of sp³-hybridized carbons (Fsp3) is 0.426. The van der Waals surface area contributed by atoms with E-state index in [0.29, 0.717) is 18.0 Å². The van der Waals surface area contributed by atoms with Gasteiger partial charge in [0.1, 0.15) is 28.9 Å². The highest BCUT2D eigenvalue weighted by molar-refractivity contribution is 6.11. The third-order valence-electron chi connectivity index (χ3n) is 9.53. The molecule has 0 saturated heterocycles. The number of rotatable bonds is 18. The predicted molar refractivity (Wildman–Crippen MR) is 242 cm³/mol. The van der Waals surface area contributed by atoms with Crippen molar-refractivity contribution in [3.63, 3.8) is 0 Å². The molecule has 19 nitrogen and oxygen atoms in total. The largest absolute Gasteiger partial charge is 0.496 e. The molecule has 2 aromatic carbocycles. The van der Waals surface area contributed by atoms with Gasteiger partial charge in [0.15, 0.2) is 5.69 Å². The second-order valence-electron chi connectivity index (χ2n) is 17.0. The first-order valence-electron chi connectivity index (χ1n) is 21.2. The first-order chi connectivity index (χ1) is 31.0. The van der Waals surface area contributed by atoms with Gasteiger partial charge in [0.25, 0.3) is 11.8 Å². The van der Waals surface area contributed by atoms with E-state index in [-0.39, 0.29) is 50.9 Å². The molecule has 0 radical (unpaired) electrons. The first-order valence-corrected chi connectivity index (χ1v) is 21.2. The van der Waals surface area contributed by atoms with E-state index in [1.807, 2.05) is 0 Å². The molecule has 1 fully saturated rings. The predicted octanol–water partition coefficient (Wildman–Crippen LogP) is 6.98. The Morgan fingerprint density at radius 1 is 0.818 bits per heavy atom. The lowest BCUT2D eigenvalue weighted by atomic mass is 9.94. The van der Waals surface area contributed by atoms with Gasteiger partial charge >= 0.3 is 30.1 Å². The van der Waals surface area contributed by atoms with Crippen molar-refractivity contribution >= 4 is 59.5 Å². The van der Waals surface area contributed by atoms with Gasteiger partial charge in [-0.3, -0.25) is 25.1 Å². The Bertz CT molecular complexity index is 2330. The Balaban J connectivity index is 1.53. The highest BCUT2D eigenvalue weighted by Gasteiger charge is 2.31. The zero-order valence-electron chi connectivity index (χ0n) is 38.7. The number of nitrogens with zero attached hydrogens (tertiary/aromatic N) is 1. The van der Waals surface area contributed by atoms with Gasteiger partial charge in [0.2, 0.25) is 12.6 Å². The molecule has 0 spiro atoms. The summed E-state index contributed by atoms with van der Waals surface area (Å²) in [6, 6.07) is 10.6. The number of anilines is 1. The minimum absolute atomic E-state index is 0.0307. The number of esters is 3. The minimum atomic E-state index is -1.40. The van der Waals surface area contributed by atoms with Crippen LogP contribution in [-0.4, -0.2) is 90.6 Å². The second kappa shape index (κ2) is 22.5. The SMILES string of the molecule is C=Cc1cc(C(=O)Nc2ccc(C(=N)NC(=O)OC(C)OC(=O)[C@@H](NC(=O)OC(C)(C)C)C(C)C)cc2)c(-c2ccc(C(=O)NCC3CC3)nc2C(=O)OC(C)OC(=O)C(C)C)cc1OC. The van der Waals surface area contributed by atoms with Crippen molar-refractivity contribution in [2.75, 3.05) is 19.0 Å². The number of methoxy groups -OCH3 is 1. The van der Waals surface area contributed by atoms with Crippen LogP contribution in [0.25, 0.3) is 17.2 Å². The van der Waals surface area contributed by atoms with Crippen molar-refractivity contribution in [3.05, 3.63) is 83.2 Å². The normalized spacial score (nSPS) is 13.5. The molecule has 66 heavy (non-hydrogen) atoms. The molecule has 3 atom stereocenters. The molecular weight excluding hydrogens is 857 g/mol. The molecule has 1 heterocycles. The molecule has 19 heteroatoms. The van der Waals surface area contributed by atoms with Crippen LogP contribution in [0.2, 0.25) is 0 Å². The Kier molecular flexibility index (Phi) is 17.5. The lowest BCUT2D eigenvalue weighted by molar-refractivity contribution is -0.170. The first kappa shape index (κ1) is 51.3. The van der Waals surface area contributed by atoms with Crippen molar-refractivity contribution in [2.45, 2.75) is 99.4 Å². The van der Waals surface area contributed by atoms with Crippen LogP contribution in [0.1, 0.15) is 118 Å². The zero-order valence-corrected chi connectivity index (χ0v) is 38.7. The second-order valence-corrected chi connectivity index (χ2v) is 17.0. The number of amides is 4. The molecule has 1 aromatic heterocycles. The van der Waals surface area contributed by atoms with E-state index in [9.17, 15) is 33.6 Å². The van der Waals surface area contributed by atoms with Crippen molar-refractivity contribution in [1.29, 1.82) is 5.41 Å². The van der Waals surface area contributed by atoms with Crippen LogP contribution in [0.15, 0.2) is 55.1 Å². The zero-order chi connectivity index (χ0) is 49.0. The molecule has 1 saturated carbocycles. The van der Waals surface area contributed by atoms with Gasteiger partial charge in [-0.05, 0) is 94.0 Å². The monoisotopic (exact) mass is 914 g/mol. The summed E-state index contributed by atoms with van der Waals surface area (Å²) in [5.41, 5.74) is -0.0616. The maximum atomic E-state index is 14.2. The van der Waals surface area contributed by atoms with Crippen LogP contribution >= 0.6 is 0 Å². The Labute approximate surface area is 383 Å². The van der Waals surface area contributed by atoms with E-state index in [4.69, 9.17) is 33.8 Å². The van der Waals surface area contributed by atoms with Crippen LogP contribution in [0.5, 0.6) is 5.75 Å². The summed E-state index contributed by atoms with van der Waals surface area (Å²) < 4.78 is 31.9. The Hall–Kier alpha value is -7.31. The minimum Gasteiger partial charge on any atom is -0.496 e. The molecule has 4 amide bonds. The van der Waals surface area contributed by atoms with Gasteiger partial charge in [-0.15, -0.1) is 0 Å². The molecule has 5 N–H and O–H groups in total. The van der Waals surface area contributed by atoms with Crippen LogP contribution in [0, 0.1) is 23.2 Å². The highest BCUT2D eigenvalue weighted by Crippen LogP contribution is 2.35. The lowest BCUT2D eigenvalue weighted by Crippen LogP contribution is -2.48. The fourth-order valence-corrected chi connectivity index (χ4v) is 5.95. The van der Waals surface area contributed by atoms with Crippen LogP contribution in [0.3, 0.4) is 0 Å². The van der Waals surface area contributed by atoms with Gasteiger partial charge < -0.3 is 44.4 Å². The Morgan fingerprint density at radius 2 is 1.45 bits per heavy atom. The van der Waals surface area contributed by atoms with Gasteiger partial charge in [-0.1, -0.05) is 40.3 Å². The average Bonchev–Trinajstić information content (AvgIpc) is 4.08. The number of alkyl carbamates (subject to hydrolysis) is 2. The van der Waals surface area contributed by atoms with E-state index in [0.717, 1.165) is 12.8 Å². The van der Waals surface area contributed by atoms with Crippen molar-refractivity contribution in [1.82, 2.24) is 20.9 Å². The van der Waals surface area contributed by atoms with E-state index in [2.05, 4.69) is 32.8 Å². The van der Waals surface area contributed by atoms with E-state index < -0.39 is 78.0 Å². The fourth-order valence-electron chi connectivity index (χ4n) is 5.95. The van der Waals surface area contributed by atoms with Gasteiger partial charge in [-0.25, -0.2) is 24.2 Å². The van der Waals surface area contributed by atoms with E-state index in [1.54, 1.807) is 48.5 Å². The van der Waals surface area contributed by atoms with Crippen molar-refractivity contribution in [3.8, 4) is 16.9 Å². The lowest BCUT2D eigenvalue weighted by Gasteiger charge is -2.25. The van der Waals surface area contributed by atoms with Gasteiger partial charge in [0, 0.05) is 53.9 Å². The molecule has 1 aliphatic carbocycles. The standard InChI is InChI=1S/C47H58N6O13/c1-12-29-21-34(33(22-36(29)61-11)32-19-20-35(41(55)49-23-28-13-14-28)51-38(32)44(58)63-26(6)62-42(56)25(4)5)40(54)50-31-17-15-30(16-18-31)39(48)53-45(59)65-27(7)64-43(57)37(24(2)3)52-46(60)66-47(8,9)10/h12,15-22,24-28,37H,1,13-14,23H2,2-11H3,(H,49,55)(H,50,54)(H,52,60)(H2,48,53,59)/t26?,27?,37-/m0/s1. The summed E-state index contributed by atoms with van der Waals surface area (Å²) in [5, 5.41) is 18.7. The maximum absolute atomic E-state index is 14.2. The van der Waals surface area contributed by atoms with Crippen molar-refractivity contribution < 1.29 is 62.0 Å². The quantitative estimate of drug-likeness (QED) is 0.0284. The van der Waals surface area contributed by atoms with Crippen LogP contribution < -0.4 is 26.0 Å².